The molecule has 18 heavy (non-hydrogen) atoms. The second kappa shape index (κ2) is 6.91. The molecule has 1 aromatic carbocycles. The van der Waals surface area contributed by atoms with E-state index in [-0.39, 0.29) is 0 Å². The summed E-state index contributed by atoms with van der Waals surface area (Å²) in [6.07, 6.45) is 3.67. The SMILES string of the molecule is CCCN(Cc1ccc(CC)cc1)C1CCNC1. The molecule has 1 aromatic rings. The molecule has 0 spiro atoms. The van der Waals surface area contributed by atoms with E-state index >= 15 is 0 Å². The van der Waals surface area contributed by atoms with Gasteiger partial charge in [-0.15, -0.1) is 0 Å². The van der Waals surface area contributed by atoms with Gasteiger partial charge in [-0.2, -0.15) is 0 Å². The van der Waals surface area contributed by atoms with Crippen molar-refractivity contribution in [3.05, 3.63) is 35.4 Å². The van der Waals surface area contributed by atoms with E-state index in [0.717, 1.165) is 25.6 Å². The maximum absolute atomic E-state index is 3.47. The molecule has 0 bridgehead atoms. The number of nitrogens with zero attached hydrogens (tertiary/aromatic N) is 1. The molecule has 1 fully saturated rings. The first kappa shape index (κ1) is 13.6. The molecule has 1 heterocycles. The smallest absolute Gasteiger partial charge is 0.0237 e. The fourth-order valence-corrected chi connectivity index (χ4v) is 2.74. The molecule has 0 aliphatic carbocycles. The number of rotatable bonds is 6. The van der Waals surface area contributed by atoms with Crippen molar-refractivity contribution in [1.82, 2.24) is 10.2 Å². The summed E-state index contributed by atoms with van der Waals surface area (Å²) in [6.45, 7) is 9.14. The lowest BCUT2D eigenvalue weighted by molar-refractivity contribution is 0.199. The summed E-state index contributed by atoms with van der Waals surface area (Å²) >= 11 is 0. The number of hydrogen-bond acceptors (Lipinski definition) is 2. The van der Waals surface area contributed by atoms with Gasteiger partial charge >= 0.3 is 0 Å². The van der Waals surface area contributed by atoms with Crippen molar-refractivity contribution in [2.24, 2.45) is 0 Å². The molecular formula is C16H26N2. The number of nitrogens with one attached hydrogen (secondary N) is 1. The van der Waals surface area contributed by atoms with Crippen LogP contribution < -0.4 is 5.32 Å². The van der Waals surface area contributed by atoms with Crippen LogP contribution in [-0.2, 0) is 13.0 Å². The third-order valence-electron chi connectivity index (χ3n) is 3.88. The summed E-state index contributed by atoms with van der Waals surface area (Å²) in [6, 6.07) is 9.86. The Morgan fingerprint density at radius 1 is 1.17 bits per heavy atom. The molecule has 1 N–H and O–H groups in total. The van der Waals surface area contributed by atoms with Gasteiger partial charge in [0.05, 0.1) is 0 Å². The lowest BCUT2D eigenvalue weighted by Crippen LogP contribution is -2.36. The molecule has 2 heteroatoms. The summed E-state index contributed by atoms with van der Waals surface area (Å²) in [5.74, 6) is 0. The van der Waals surface area contributed by atoms with Crippen molar-refractivity contribution in [2.45, 2.75) is 45.7 Å². The first-order valence-electron chi connectivity index (χ1n) is 7.36. The van der Waals surface area contributed by atoms with Crippen LogP contribution in [0, 0.1) is 0 Å². The van der Waals surface area contributed by atoms with Crippen LogP contribution in [-0.4, -0.2) is 30.6 Å². The van der Waals surface area contributed by atoms with E-state index in [2.05, 4.69) is 48.3 Å². The van der Waals surface area contributed by atoms with Crippen LogP contribution in [0.1, 0.15) is 37.8 Å². The average Bonchev–Trinajstić information content (AvgIpc) is 2.93. The van der Waals surface area contributed by atoms with Crippen LogP contribution in [0.3, 0.4) is 0 Å². The van der Waals surface area contributed by atoms with Crippen LogP contribution in [0.15, 0.2) is 24.3 Å². The van der Waals surface area contributed by atoms with Gasteiger partial charge in [-0.3, -0.25) is 4.90 Å². The van der Waals surface area contributed by atoms with E-state index in [1.807, 2.05) is 0 Å². The molecule has 1 unspecified atom stereocenters. The van der Waals surface area contributed by atoms with Gasteiger partial charge in [-0.1, -0.05) is 38.1 Å². The minimum Gasteiger partial charge on any atom is -0.315 e. The standard InChI is InChI=1S/C16H26N2/c1-3-11-18(16-9-10-17-12-16)13-15-7-5-14(4-2)6-8-15/h5-8,16-17H,3-4,9-13H2,1-2H3. The van der Waals surface area contributed by atoms with Gasteiger partial charge in [-0.25, -0.2) is 0 Å². The molecule has 1 saturated heterocycles. The molecule has 1 atom stereocenters. The first-order chi connectivity index (χ1) is 8.83. The van der Waals surface area contributed by atoms with Gasteiger partial charge < -0.3 is 5.32 Å². The number of hydrogen-bond donors (Lipinski definition) is 1. The fourth-order valence-electron chi connectivity index (χ4n) is 2.74. The summed E-state index contributed by atoms with van der Waals surface area (Å²) in [5.41, 5.74) is 2.89. The fraction of sp³-hybridized carbons (Fsp3) is 0.625. The molecule has 100 valence electrons. The van der Waals surface area contributed by atoms with Crippen LogP contribution in [0.5, 0.6) is 0 Å². The zero-order chi connectivity index (χ0) is 12.8. The van der Waals surface area contributed by atoms with E-state index < -0.39 is 0 Å². The number of aryl methyl sites for hydroxylation is 1. The van der Waals surface area contributed by atoms with Gasteiger partial charge in [0.25, 0.3) is 0 Å². The minimum atomic E-state index is 0.732. The Balaban J connectivity index is 1.98. The predicted molar refractivity (Wildman–Crippen MR) is 77.8 cm³/mol. The Labute approximate surface area is 111 Å². The summed E-state index contributed by atoms with van der Waals surface area (Å²) < 4.78 is 0. The molecule has 0 radical (unpaired) electrons. The Hall–Kier alpha value is -0.860. The quantitative estimate of drug-likeness (QED) is 0.830. The van der Waals surface area contributed by atoms with Crippen molar-refractivity contribution in [1.29, 1.82) is 0 Å². The number of benzene rings is 1. The molecule has 2 nitrogen and oxygen atoms in total. The van der Waals surface area contributed by atoms with E-state index in [1.165, 1.54) is 37.1 Å². The molecule has 1 aliphatic rings. The second-order valence-corrected chi connectivity index (χ2v) is 5.29. The maximum atomic E-state index is 3.47. The van der Waals surface area contributed by atoms with Gasteiger partial charge in [0.15, 0.2) is 0 Å². The topological polar surface area (TPSA) is 15.3 Å². The van der Waals surface area contributed by atoms with Gasteiger partial charge in [0.1, 0.15) is 0 Å². The van der Waals surface area contributed by atoms with Crippen LogP contribution in [0.4, 0.5) is 0 Å². The van der Waals surface area contributed by atoms with Crippen molar-refractivity contribution < 1.29 is 0 Å². The Morgan fingerprint density at radius 3 is 2.44 bits per heavy atom. The van der Waals surface area contributed by atoms with Crippen molar-refractivity contribution >= 4 is 0 Å². The van der Waals surface area contributed by atoms with Crippen molar-refractivity contribution in [3.8, 4) is 0 Å². The van der Waals surface area contributed by atoms with Crippen LogP contribution in [0.2, 0.25) is 0 Å². The second-order valence-electron chi connectivity index (χ2n) is 5.29. The normalized spacial score (nSPS) is 19.6. The third-order valence-corrected chi connectivity index (χ3v) is 3.88. The monoisotopic (exact) mass is 246 g/mol. The highest BCUT2D eigenvalue weighted by atomic mass is 15.2. The first-order valence-corrected chi connectivity index (χ1v) is 7.36. The molecule has 1 aliphatic heterocycles. The molecule has 0 amide bonds. The molecule has 0 saturated carbocycles. The van der Waals surface area contributed by atoms with Crippen LogP contribution in [0.25, 0.3) is 0 Å². The van der Waals surface area contributed by atoms with E-state index in [9.17, 15) is 0 Å². The average molecular weight is 246 g/mol. The zero-order valence-electron chi connectivity index (χ0n) is 11.8. The highest BCUT2D eigenvalue weighted by Crippen LogP contribution is 2.14. The van der Waals surface area contributed by atoms with E-state index in [1.54, 1.807) is 0 Å². The molecular weight excluding hydrogens is 220 g/mol. The summed E-state index contributed by atoms with van der Waals surface area (Å²) in [5, 5.41) is 3.47. The largest absolute Gasteiger partial charge is 0.315 e. The van der Waals surface area contributed by atoms with Crippen molar-refractivity contribution in [2.75, 3.05) is 19.6 Å². The Morgan fingerprint density at radius 2 is 1.89 bits per heavy atom. The molecule has 0 aromatic heterocycles. The van der Waals surface area contributed by atoms with Gasteiger partial charge in [0.2, 0.25) is 0 Å². The Bertz CT molecular complexity index is 339. The molecule has 2 rings (SSSR count). The Kier molecular flexibility index (Phi) is 5.21. The summed E-state index contributed by atoms with van der Waals surface area (Å²) in [7, 11) is 0. The van der Waals surface area contributed by atoms with Gasteiger partial charge in [-0.05, 0) is 43.5 Å². The predicted octanol–water partition coefficient (Wildman–Crippen LogP) is 2.82. The van der Waals surface area contributed by atoms with E-state index in [0.29, 0.717) is 0 Å². The third kappa shape index (κ3) is 3.56. The lowest BCUT2D eigenvalue weighted by Gasteiger charge is -2.28. The van der Waals surface area contributed by atoms with Crippen molar-refractivity contribution in [3.63, 3.8) is 0 Å². The highest BCUT2D eigenvalue weighted by Gasteiger charge is 2.21. The highest BCUT2D eigenvalue weighted by molar-refractivity contribution is 5.22. The summed E-state index contributed by atoms with van der Waals surface area (Å²) in [4.78, 5) is 2.64. The zero-order valence-corrected chi connectivity index (χ0v) is 11.8. The minimum absolute atomic E-state index is 0.732. The van der Waals surface area contributed by atoms with Crippen LogP contribution >= 0.6 is 0 Å². The van der Waals surface area contributed by atoms with E-state index in [4.69, 9.17) is 0 Å². The van der Waals surface area contributed by atoms with Gasteiger partial charge in [0, 0.05) is 19.1 Å². The maximum Gasteiger partial charge on any atom is 0.0237 e. The lowest BCUT2D eigenvalue weighted by atomic mass is 10.1.